The highest BCUT2D eigenvalue weighted by atomic mass is 16.5. The summed E-state index contributed by atoms with van der Waals surface area (Å²) in [6.45, 7) is 7.55. The van der Waals surface area contributed by atoms with Gasteiger partial charge in [-0.1, -0.05) is 38.1 Å². The van der Waals surface area contributed by atoms with Crippen LogP contribution in [0.1, 0.15) is 43.7 Å². The van der Waals surface area contributed by atoms with Crippen LogP contribution < -0.4 is 5.73 Å². The molecule has 3 rings (SSSR count). The first-order valence-electron chi connectivity index (χ1n) is 8.33. The molecule has 2 saturated heterocycles. The van der Waals surface area contributed by atoms with Gasteiger partial charge in [0, 0.05) is 18.6 Å². The first-order chi connectivity index (χ1) is 10.1. The van der Waals surface area contributed by atoms with Gasteiger partial charge in [-0.05, 0) is 42.9 Å². The predicted molar refractivity (Wildman–Crippen MR) is 86.5 cm³/mol. The number of morpholine rings is 1. The highest BCUT2D eigenvalue weighted by molar-refractivity contribution is 5.25. The fourth-order valence-corrected chi connectivity index (χ4v) is 3.54. The summed E-state index contributed by atoms with van der Waals surface area (Å²) in [5, 5.41) is 0. The van der Waals surface area contributed by atoms with Crippen molar-refractivity contribution in [2.75, 3.05) is 19.7 Å². The Hall–Kier alpha value is -0.900. The van der Waals surface area contributed by atoms with Crippen molar-refractivity contribution in [1.29, 1.82) is 0 Å². The van der Waals surface area contributed by atoms with Gasteiger partial charge < -0.3 is 10.5 Å². The molecule has 0 radical (unpaired) electrons. The minimum Gasteiger partial charge on any atom is -0.374 e. The number of hydrogen-bond donors (Lipinski definition) is 1. The maximum Gasteiger partial charge on any atom is 0.0856 e. The van der Waals surface area contributed by atoms with Gasteiger partial charge in [-0.2, -0.15) is 0 Å². The van der Waals surface area contributed by atoms with E-state index in [0.29, 0.717) is 12.0 Å². The molecule has 2 aliphatic rings. The molecule has 1 aromatic rings. The van der Waals surface area contributed by atoms with Crippen LogP contribution >= 0.6 is 0 Å². The van der Waals surface area contributed by atoms with Crippen LogP contribution in [0.2, 0.25) is 0 Å². The van der Waals surface area contributed by atoms with E-state index >= 15 is 0 Å². The molecule has 0 saturated carbocycles. The molecule has 2 fully saturated rings. The topological polar surface area (TPSA) is 38.5 Å². The fraction of sp³-hybridized carbons (Fsp3) is 0.667. The quantitative estimate of drug-likeness (QED) is 0.925. The zero-order chi connectivity index (χ0) is 14.8. The van der Waals surface area contributed by atoms with E-state index in [9.17, 15) is 0 Å². The van der Waals surface area contributed by atoms with E-state index in [4.69, 9.17) is 10.5 Å². The number of rotatable bonds is 4. The molecule has 3 heteroatoms. The highest BCUT2D eigenvalue weighted by Gasteiger charge is 2.34. The van der Waals surface area contributed by atoms with Crippen LogP contribution in [0, 0.1) is 0 Å². The molecule has 0 spiro atoms. The van der Waals surface area contributed by atoms with Crippen molar-refractivity contribution in [2.45, 2.75) is 57.2 Å². The largest absolute Gasteiger partial charge is 0.374 e. The van der Waals surface area contributed by atoms with Crippen LogP contribution in [-0.4, -0.2) is 42.8 Å². The zero-order valence-corrected chi connectivity index (χ0v) is 13.3. The van der Waals surface area contributed by atoms with Crippen molar-refractivity contribution in [1.82, 2.24) is 4.90 Å². The van der Waals surface area contributed by atoms with Gasteiger partial charge in [-0.25, -0.2) is 0 Å². The lowest BCUT2D eigenvalue weighted by Crippen LogP contribution is -2.53. The normalized spacial score (nSPS) is 27.8. The molecule has 0 bridgehead atoms. The first-order valence-corrected chi connectivity index (χ1v) is 8.33. The third kappa shape index (κ3) is 3.47. The van der Waals surface area contributed by atoms with Gasteiger partial charge in [0.15, 0.2) is 0 Å². The Balaban J connectivity index is 1.57. The number of nitrogens with two attached hydrogens (primary N) is 1. The Morgan fingerprint density at radius 3 is 2.76 bits per heavy atom. The van der Waals surface area contributed by atoms with E-state index in [2.05, 4.69) is 43.0 Å². The maximum absolute atomic E-state index is 6.41. The minimum absolute atomic E-state index is 0.0939. The molecule has 2 N–H and O–H groups in total. The fourth-order valence-electron chi connectivity index (χ4n) is 3.54. The second-order valence-corrected chi connectivity index (χ2v) is 6.93. The number of nitrogens with zero attached hydrogens (tertiary/aromatic N) is 1. The Kier molecular flexibility index (Phi) is 4.63. The first kappa shape index (κ1) is 15.0. The Labute approximate surface area is 128 Å². The van der Waals surface area contributed by atoms with Crippen LogP contribution in [0.4, 0.5) is 0 Å². The molecule has 21 heavy (non-hydrogen) atoms. The molecule has 116 valence electrons. The van der Waals surface area contributed by atoms with Gasteiger partial charge in [0.05, 0.1) is 12.7 Å². The second-order valence-electron chi connectivity index (χ2n) is 6.93. The lowest BCUT2D eigenvalue weighted by Gasteiger charge is -2.37. The van der Waals surface area contributed by atoms with E-state index in [1.807, 2.05) is 0 Å². The summed E-state index contributed by atoms with van der Waals surface area (Å²) in [5.41, 5.74) is 9.12. The average molecular weight is 288 g/mol. The number of hydrogen-bond acceptors (Lipinski definition) is 3. The summed E-state index contributed by atoms with van der Waals surface area (Å²) in [5.74, 6) is 0.585. The molecular formula is C18H28N2O. The summed E-state index contributed by atoms with van der Waals surface area (Å²) in [4.78, 5) is 2.57. The van der Waals surface area contributed by atoms with Crippen LogP contribution in [0.25, 0.3) is 0 Å². The number of benzene rings is 1. The summed E-state index contributed by atoms with van der Waals surface area (Å²) in [6.07, 6.45) is 3.69. The molecule has 3 atom stereocenters. The standard InChI is InChI=1S/C18H28N2O/c1-13(2)15-7-5-14(6-8-15)10-17(19)18-11-20-9-3-4-16(20)12-21-18/h5-8,13,16-18H,3-4,9-12,19H2,1-2H3. The number of fused-ring (bicyclic) bond motifs is 1. The summed E-state index contributed by atoms with van der Waals surface area (Å²) < 4.78 is 6.02. The summed E-state index contributed by atoms with van der Waals surface area (Å²) in [6, 6.07) is 9.64. The van der Waals surface area contributed by atoms with E-state index in [0.717, 1.165) is 19.6 Å². The molecule has 3 unspecified atom stereocenters. The SMILES string of the molecule is CC(C)c1ccc(CC(N)C2CN3CCCC3CO2)cc1. The molecule has 3 nitrogen and oxygen atoms in total. The van der Waals surface area contributed by atoms with Crippen molar-refractivity contribution < 1.29 is 4.74 Å². The van der Waals surface area contributed by atoms with Crippen LogP contribution in [0.3, 0.4) is 0 Å². The molecule has 2 aliphatic heterocycles. The van der Waals surface area contributed by atoms with Crippen molar-refractivity contribution in [3.63, 3.8) is 0 Å². The molecule has 1 aromatic carbocycles. The lowest BCUT2D eigenvalue weighted by molar-refractivity contribution is -0.0589. The van der Waals surface area contributed by atoms with E-state index < -0.39 is 0 Å². The maximum atomic E-state index is 6.41. The van der Waals surface area contributed by atoms with Gasteiger partial charge in [-0.3, -0.25) is 4.90 Å². The summed E-state index contributed by atoms with van der Waals surface area (Å²) in [7, 11) is 0. The molecular weight excluding hydrogens is 260 g/mol. The van der Waals surface area contributed by atoms with E-state index in [1.165, 1.54) is 30.5 Å². The summed E-state index contributed by atoms with van der Waals surface area (Å²) >= 11 is 0. The Morgan fingerprint density at radius 1 is 1.29 bits per heavy atom. The smallest absolute Gasteiger partial charge is 0.0856 e. The molecule has 2 heterocycles. The van der Waals surface area contributed by atoms with Crippen molar-refractivity contribution in [3.8, 4) is 0 Å². The van der Waals surface area contributed by atoms with Gasteiger partial charge in [-0.15, -0.1) is 0 Å². The van der Waals surface area contributed by atoms with Gasteiger partial charge in [0.2, 0.25) is 0 Å². The Bertz CT molecular complexity index is 457. The monoisotopic (exact) mass is 288 g/mol. The third-order valence-electron chi connectivity index (χ3n) is 5.01. The van der Waals surface area contributed by atoms with Gasteiger partial charge >= 0.3 is 0 Å². The van der Waals surface area contributed by atoms with Crippen molar-refractivity contribution in [2.24, 2.45) is 5.73 Å². The average Bonchev–Trinajstić information content (AvgIpc) is 2.95. The van der Waals surface area contributed by atoms with Crippen LogP contribution in [0.5, 0.6) is 0 Å². The van der Waals surface area contributed by atoms with Crippen LogP contribution in [0.15, 0.2) is 24.3 Å². The van der Waals surface area contributed by atoms with Gasteiger partial charge in [0.25, 0.3) is 0 Å². The zero-order valence-electron chi connectivity index (χ0n) is 13.3. The highest BCUT2D eigenvalue weighted by Crippen LogP contribution is 2.24. The molecule has 0 amide bonds. The van der Waals surface area contributed by atoms with E-state index in [1.54, 1.807) is 0 Å². The van der Waals surface area contributed by atoms with Crippen molar-refractivity contribution >= 4 is 0 Å². The lowest BCUT2D eigenvalue weighted by atomic mass is 9.97. The van der Waals surface area contributed by atoms with E-state index in [-0.39, 0.29) is 12.1 Å². The number of ether oxygens (including phenoxy) is 1. The van der Waals surface area contributed by atoms with Crippen molar-refractivity contribution in [3.05, 3.63) is 35.4 Å². The van der Waals surface area contributed by atoms with Gasteiger partial charge in [0.1, 0.15) is 0 Å². The predicted octanol–water partition coefficient (Wildman–Crippen LogP) is 2.54. The molecule has 0 aromatic heterocycles. The van der Waals surface area contributed by atoms with Crippen LogP contribution in [-0.2, 0) is 11.2 Å². The Morgan fingerprint density at radius 2 is 2.05 bits per heavy atom. The molecule has 0 aliphatic carbocycles. The minimum atomic E-state index is 0.0939. The third-order valence-corrected chi connectivity index (χ3v) is 5.01. The second kappa shape index (κ2) is 6.47.